The number of benzene rings is 2. The molecule has 0 saturated heterocycles. The van der Waals surface area contributed by atoms with E-state index in [4.69, 9.17) is 14.8 Å². The zero-order chi connectivity index (χ0) is 18.4. The number of fused-ring (bicyclic) bond motifs is 1. The van der Waals surface area contributed by atoms with Gasteiger partial charge in [-0.1, -0.05) is 30.3 Å². The summed E-state index contributed by atoms with van der Waals surface area (Å²) in [6.45, 7) is 1.84. The summed E-state index contributed by atoms with van der Waals surface area (Å²) < 4.78 is 7.36. The van der Waals surface area contributed by atoms with Gasteiger partial charge < -0.3 is 19.7 Å². The van der Waals surface area contributed by atoms with Gasteiger partial charge in [-0.3, -0.25) is 0 Å². The molecule has 0 aliphatic heterocycles. The van der Waals surface area contributed by atoms with E-state index < -0.39 is 5.97 Å². The molecule has 3 rings (SSSR count). The van der Waals surface area contributed by atoms with Crippen molar-refractivity contribution < 1.29 is 14.6 Å². The summed E-state index contributed by atoms with van der Waals surface area (Å²) in [4.78, 5) is 15.5. The molecule has 0 spiro atoms. The maximum Gasteiger partial charge on any atom is 0.328 e. The van der Waals surface area contributed by atoms with Gasteiger partial charge in [-0.15, -0.1) is 0 Å². The van der Waals surface area contributed by atoms with Crippen LogP contribution < -0.4 is 5.32 Å². The van der Waals surface area contributed by atoms with Crippen LogP contribution in [0.5, 0.6) is 0 Å². The first-order chi connectivity index (χ1) is 12.7. The SMILES string of the molecule is COCCn1c(CNc2ccccc2/C=C/C(=O)O)nc2ccccc21. The first-order valence-corrected chi connectivity index (χ1v) is 8.36. The molecule has 0 bridgehead atoms. The van der Waals surface area contributed by atoms with Gasteiger partial charge >= 0.3 is 5.97 Å². The minimum Gasteiger partial charge on any atom is -0.478 e. The van der Waals surface area contributed by atoms with Crippen LogP contribution in [0, 0.1) is 0 Å². The van der Waals surface area contributed by atoms with Crippen LogP contribution in [-0.4, -0.2) is 34.3 Å². The van der Waals surface area contributed by atoms with Gasteiger partial charge in [0, 0.05) is 25.4 Å². The lowest BCUT2D eigenvalue weighted by atomic mass is 10.1. The van der Waals surface area contributed by atoms with Gasteiger partial charge in [0.15, 0.2) is 0 Å². The smallest absolute Gasteiger partial charge is 0.328 e. The molecule has 0 fully saturated rings. The average molecular weight is 351 g/mol. The van der Waals surface area contributed by atoms with Crippen LogP contribution in [0.1, 0.15) is 11.4 Å². The van der Waals surface area contributed by atoms with E-state index in [9.17, 15) is 4.79 Å². The Labute approximate surface area is 151 Å². The molecule has 0 saturated carbocycles. The van der Waals surface area contributed by atoms with Crippen LogP contribution in [0.25, 0.3) is 17.1 Å². The zero-order valence-electron chi connectivity index (χ0n) is 14.6. The maximum atomic E-state index is 10.8. The minimum absolute atomic E-state index is 0.524. The van der Waals surface area contributed by atoms with Crippen LogP contribution >= 0.6 is 0 Å². The lowest BCUT2D eigenvalue weighted by Gasteiger charge is -2.12. The summed E-state index contributed by atoms with van der Waals surface area (Å²) in [6, 6.07) is 15.6. The molecular weight excluding hydrogens is 330 g/mol. The third-order valence-corrected chi connectivity index (χ3v) is 4.06. The second-order valence-corrected chi connectivity index (χ2v) is 5.77. The van der Waals surface area contributed by atoms with E-state index >= 15 is 0 Å². The van der Waals surface area contributed by atoms with Crippen molar-refractivity contribution in [1.82, 2.24) is 9.55 Å². The monoisotopic (exact) mass is 351 g/mol. The molecule has 1 aromatic heterocycles. The predicted molar refractivity (Wildman–Crippen MR) is 102 cm³/mol. The van der Waals surface area contributed by atoms with E-state index in [0.29, 0.717) is 19.7 Å². The van der Waals surface area contributed by atoms with Gasteiger partial charge in [0.25, 0.3) is 0 Å². The molecule has 2 aromatic carbocycles. The fourth-order valence-corrected chi connectivity index (χ4v) is 2.83. The van der Waals surface area contributed by atoms with Crippen molar-refractivity contribution in [1.29, 1.82) is 0 Å². The van der Waals surface area contributed by atoms with Crippen LogP contribution in [0.3, 0.4) is 0 Å². The summed E-state index contributed by atoms with van der Waals surface area (Å²) in [5, 5.41) is 12.2. The van der Waals surface area contributed by atoms with Crippen molar-refractivity contribution in [3.63, 3.8) is 0 Å². The van der Waals surface area contributed by atoms with Crippen LogP contribution in [0.4, 0.5) is 5.69 Å². The molecule has 26 heavy (non-hydrogen) atoms. The number of carboxylic acid groups (broad SMARTS) is 1. The van der Waals surface area contributed by atoms with Crippen molar-refractivity contribution in [2.75, 3.05) is 19.0 Å². The summed E-state index contributed by atoms with van der Waals surface area (Å²) in [7, 11) is 1.68. The normalized spacial score (nSPS) is 11.3. The van der Waals surface area contributed by atoms with E-state index in [-0.39, 0.29) is 0 Å². The standard InChI is InChI=1S/C20H21N3O3/c1-26-13-12-23-18-9-5-4-8-17(18)22-19(23)14-21-16-7-3-2-6-15(16)10-11-20(24)25/h2-11,21H,12-14H2,1H3,(H,24,25)/b11-10+. The van der Waals surface area contributed by atoms with Gasteiger partial charge in [0.1, 0.15) is 5.82 Å². The number of nitrogens with one attached hydrogen (secondary N) is 1. The van der Waals surface area contributed by atoms with Crippen molar-refractivity contribution in [2.45, 2.75) is 13.1 Å². The molecule has 3 aromatic rings. The number of carboxylic acids is 1. The fourth-order valence-electron chi connectivity index (χ4n) is 2.83. The molecule has 134 valence electrons. The van der Waals surface area contributed by atoms with E-state index in [0.717, 1.165) is 34.2 Å². The Bertz CT molecular complexity index is 931. The van der Waals surface area contributed by atoms with Crippen LogP contribution in [-0.2, 0) is 22.6 Å². The highest BCUT2D eigenvalue weighted by Gasteiger charge is 2.10. The summed E-state index contributed by atoms with van der Waals surface area (Å²) in [6.07, 6.45) is 2.72. The molecular formula is C20H21N3O3. The summed E-state index contributed by atoms with van der Waals surface area (Å²) in [5.74, 6) is -0.0681. The molecule has 6 heteroatoms. The van der Waals surface area contributed by atoms with Crippen LogP contribution in [0.15, 0.2) is 54.6 Å². The van der Waals surface area contributed by atoms with Crippen LogP contribution in [0.2, 0.25) is 0 Å². The lowest BCUT2D eigenvalue weighted by molar-refractivity contribution is -0.131. The number of aliphatic carboxylic acids is 1. The molecule has 6 nitrogen and oxygen atoms in total. The Morgan fingerprint density at radius 3 is 2.81 bits per heavy atom. The van der Waals surface area contributed by atoms with E-state index in [1.165, 1.54) is 0 Å². The number of imidazole rings is 1. The van der Waals surface area contributed by atoms with Gasteiger partial charge in [-0.2, -0.15) is 0 Å². The number of hydrogen-bond acceptors (Lipinski definition) is 4. The highest BCUT2D eigenvalue weighted by Crippen LogP contribution is 2.20. The minimum atomic E-state index is -0.971. The first-order valence-electron chi connectivity index (χ1n) is 8.36. The van der Waals surface area contributed by atoms with Crippen molar-refractivity contribution >= 4 is 28.8 Å². The van der Waals surface area contributed by atoms with Crippen molar-refractivity contribution in [2.24, 2.45) is 0 Å². The average Bonchev–Trinajstić information content (AvgIpc) is 3.01. The third kappa shape index (κ3) is 4.10. The number of hydrogen-bond donors (Lipinski definition) is 2. The Balaban J connectivity index is 1.85. The number of carbonyl (C=O) groups is 1. The number of anilines is 1. The Hall–Kier alpha value is -3.12. The summed E-state index contributed by atoms with van der Waals surface area (Å²) in [5.41, 5.74) is 3.68. The van der Waals surface area contributed by atoms with E-state index in [1.54, 1.807) is 13.2 Å². The summed E-state index contributed by atoms with van der Waals surface area (Å²) >= 11 is 0. The van der Waals surface area contributed by atoms with Gasteiger partial charge in [-0.05, 0) is 29.8 Å². The van der Waals surface area contributed by atoms with Crippen molar-refractivity contribution in [3.05, 3.63) is 66.0 Å². The Kier molecular flexibility index (Phi) is 5.66. The fraction of sp³-hybridized carbons (Fsp3) is 0.200. The highest BCUT2D eigenvalue weighted by molar-refractivity contribution is 5.86. The molecule has 0 radical (unpaired) electrons. The molecule has 1 heterocycles. The number of methoxy groups -OCH3 is 1. The van der Waals surface area contributed by atoms with Gasteiger partial charge in [-0.25, -0.2) is 9.78 Å². The van der Waals surface area contributed by atoms with Gasteiger partial charge in [0.2, 0.25) is 0 Å². The van der Waals surface area contributed by atoms with Gasteiger partial charge in [0.05, 0.1) is 24.2 Å². The van der Waals surface area contributed by atoms with Crippen molar-refractivity contribution in [3.8, 4) is 0 Å². The molecule has 0 atom stereocenters. The second-order valence-electron chi connectivity index (χ2n) is 5.77. The predicted octanol–water partition coefficient (Wildman–Crippen LogP) is 3.39. The molecule has 0 aliphatic carbocycles. The maximum absolute atomic E-state index is 10.8. The zero-order valence-corrected chi connectivity index (χ0v) is 14.6. The molecule has 0 amide bonds. The first kappa shape index (κ1) is 17.7. The molecule has 0 unspecified atom stereocenters. The molecule has 2 N–H and O–H groups in total. The van der Waals surface area contributed by atoms with E-state index in [2.05, 4.69) is 9.88 Å². The number of para-hydroxylation sites is 3. The topological polar surface area (TPSA) is 76.4 Å². The number of rotatable bonds is 8. The number of aromatic nitrogens is 2. The lowest BCUT2D eigenvalue weighted by Crippen LogP contribution is -2.12. The Morgan fingerprint density at radius 1 is 1.23 bits per heavy atom. The third-order valence-electron chi connectivity index (χ3n) is 4.06. The van der Waals surface area contributed by atoms with E-state index in [1.807, 2.05) is 48.5 Å². The number of ether oxygens (including phenoxy) is 1. The molecule has 0 aliphatic rings. The largest absolute Gasteiger partial charge is 0.478 e. The highest BCUT2D eigenvalue weighted by atomic mass is 16.5. The Morgan fingerprint density at radius 2 is 2.00 bits per heavy atom. The second kappa shape index (κ2) is 8.31. The quantitative estimate of drug-likeness (QED) is 0.608. The number of nitrogens with zero attached hydrogens (tertiary/aromatic N) is 2.